The minimum atomic E-state index is -0.931. The SMILES string of the molecule is CC(=O)N(C(C)=O)c1nc(-c2ccc(F)cc2F)ccc1[N+](=O)[O-]. The summed E-state index contributed by atoms with van der Waals surface area (Å²) in [4.78, 5) is 38.0. The van der Waals surface area contributed by atoms with Crippen LogP contribution in [0.4, 0.5) is 20.3 Å². The van der Waals surface area contributed by atoms with E-state index in [4.69, 9.17) is 0 Å². The summed E-state index contributed by atoms with van der Waals surface area (Å²) < 4.78 is 26.9. The summed E-state index contributed by atoms with van der Waals surface area (Å²) in [6.45, 7) is 2.08. The fraction of sp³-hybridized carbons (Fsp3) is 0.133. The van der Waals surface area contributed by atoms with Crippen LogP contribution in [0.3, 0.4) is 0 Å². The van der Waals surface area contributed by atoms with Crippen LogP contribution in [0.5, 0.6) is 0 Å². The standard InChI is InChI=1S/C15H11F2N3O4/c1-8(21)19(9(2)22)15-14(20(23)24)6-5-13(18-15)11-4-3-10(16)7-12(11)17/h3-7H,1-2H3. The molecule has 24 heavy (non-hydrogen) atoms. The van der Waals surface area contributed by atoms with E-state index in [1.54, 1.807) is 0 Å². The number of anilines is 1. The van der Waals surface area contributed by atoms with Crippen molar-refractivity contribution in [1.29, 1.82) is 0 Å². The first kappa shape index (κ1) is 17.1. The fourth-order valence-electron chi connectivity index (χ4n) is 2.12. The van der Waals surface area contributed by atoms with Gasteiger partial charge < -0.3 is 0 Å². The van der Waals surface area contributed by atoms with Crippen LogP contribution >= 0.6 is 0 Å². The molecule has 0 bridgehead atoms. The minimum Gasteiger partial charge on any atom is -0.274 e. The van der Waals surface area contributed by atoms with Gasteiger partial charge >= 0.3 is 5.69 Å². The number of hydrogen-bond acceptors (Lipinski definition) is 5. The molecule has 0 spiro atoms. The quantitative estimate of drug-likeness (QED) is 0.635. The molecule has 0 atom stereocenters. The van der Waals surface area contributed by atoms with Crippen molar-refractivity contribution < 1.29 is 23.3 Å². The number of nitrogens with zero attached hydrogens (tertiary/aromatic N) is 3. The smallest absolute Gasteiger partial charge is 0.274 e. The third-order valence-electron chi connectivity index (χ3n) is 3.10. The highest BCUT2D eigenvalue weighted by Gasteiger charge is 2.28. The summed E-state index contributed by atoms with van der Waals surface area (Å²) in [6.07, 6.45) is 0. The van der Waals surface area contributed by atoms with Gasteiger partial charge in [0.2, 0.25) is 17.6 Å². The number of amides is 2. The summed E-state index contributed by atoms with van der Waals surface area (Å²) in [5.41, 5.74) is -0.799. The second kappa shape index (κ2) is 6.49. The van der Waals surface area contributed by atoms with Crippen molar-refractivity contribution in [3.8, 4) is 11.3 Å². The Morgan fingerprint density at radius 1 is 1.12 bits per heavy atom. The summed E-state index contributed by atoms with van der Waals surface area (Å²) in [5.74, 6) is -3.82. The Bertz CT molecular complexity index is 841. The lowest BCUT2D eigenvalue weighted by Crippen LogP contribution is -2.34. The van der Waals surface area contributed by atoms with E-state index in [9.17, 15) is 28.5 Å². The van der Waals surface area contributed by atoms with Crippen molar-refractivity contribution in [1.82, 2.24) is 4.98 Å². The molecule has 9 heteroatoms. The predicted octanol–water partition coefficient (Wildman–Crippen LogP) is 2.83. The highest BCUT2D eigenvalue weighted by Crippen LogP contribution is 2.31. The Kier molecular flexibility index (Phi) is 4.63. The monoisotopic (exact) mass is 335 g/mol. The van der Waals surface area contributed by atoms with E-state index in [1.165, 1.54) is 0 Å². The van der Waals surface area contributed by atoms with E-state index in [-0.39, 0.29) is 11.3 Å². The van der Waals surface area contributed by atoms with E-state index in [2.05, 4.69) is 4.98 Å². The minimum absolute atomic E-state index is 0.0828. The molecule has 1 aromatic carbocycles. The van der Waals surface area contributed by atoms with E-state index < -0.39 is 39.9 Å². The molecule has 0 saturated carbocycles. The lowest BCUT2D eigenvalue weighted by Gasteiger charge is -2.16. The summed E-state index contributed by atoms with van der Waals surface area (Å²) >= 11 is 0. The van der Waals surface area contributed by atoms with Crippen LogP contribution in [0, 0.1) is 21.7 Å². The molecule has 7 nitrogen and oxygen atoms in total. The van der Waals surface area contributed by atoms with Crippen LogP contribution in [0.1, 0.15) is 13.8 Å². The number of carbonyl (C=O) groups is 2. The number of imide groups is 1. The van der Waals surface area contributed by atoms with Crippen molar-refractivity contribution in [2.75, 3.05) is 4.90 Å². The van der Waals surface area contributed by atoms with E-state index in [0.29, 0.717) is 11.0 Å². The highest BCUT2D eigenvalue weighted by atomic mass is 19.1. The fourth-order valence-corrected chi connectivity index (χ4v) is 2.12. The molecule has 0 fully saturated rings. The third-order valence-corrected chi connectivity index (χ3v) is 3.10. The molecule has 2 amide bonds. The molecule has 2 aromatic rings. The van der Waals surface area contributed by atoms with Gasteiger partial charge in [-0.15, -0.1) is 0 Å². The van der Waals surface area contributed by atoms with Crippen LogP contribution in [-0.4, -0.2) is 21.7 Å². The Morgan fingerprint density at radius 2 is 1.75 bits per heavy atom. The van der Waals surface area contributed by atoms with Crippen LogP contribution in [0.15, 0.2) is 30.3 Å². The molecule has 0 radical (unpaired) electrons. The molecular weight excluding hydrogens is 324 g/mol. The largest absolute Gasteiger partial charge is 0.312 e. The molecular formula is C15H11F2N3O4. The van der Waals surface area contributed by atoms with Crippen molar-refractivity contribution >= 4 is 23.3 Å². The second-order valence-corrected chi connectivity index (χ2v) is 4.79. The molecule has 124 valence electrons. The van der Waals surface area contributed by atoms with Crippen LogP contribution < -0.4 is 4.90 Å². The van der Waals surface area contributed by atoms with Crippen molar-refractivity contribution in [2.45, 2.75) is 13.8 Å². The molecule has 0 unspecified atom stereocenters. The van der Waals surface area contributed by atoms with Crippen molar-refractivity contribution in [3.05, 3.63) is 52.1 Å². The molecule has 1 aromatic heterocycles. The van der Waals surface area contributed by atoms with Crippen molar-refractivity contribution in [3.63, 3.8) is 0 Å². The van der Waals surface area contributed by atoms with Gasteiger partial charge in [-0.1, -0.05) is 0 Å². The first-order chi connectivity index (χ1) is 11.2. The van der Waals surface area contributed by atoms with Gasteiger partial charge in [0.25, 0.3) is 0 Å². The van der Waals surface area contributed by atoms with Gasteiger partial charge in [0.15, 0.2) is 0 Å². The average molecular weight is 335 g/mol. The molecule has 1 heterocycles. The normalized spacial score (nSPS) is 10.3. The highest BCUT2D eigenvalue weighted by molar-refractivity contribution is 6.13. The number of nitro groups is 1. The summed E-state index contributed by atoms with van der Waals surface area (Å²) in [7, 11) is 0. The van der Waals surface area contributed by atoms with Crippen LogP contribution in [0.25, 0.3) is 11.3 Å². The number of rotatable bonds is 3. The van der Waals surface area contributed by atoms with Crippen LogP contribution in [0.2, 0.25) is 0 Å². The summed E-state index contributed by atoms with van der Waals surface area (Å²) in [6, 6.07) is 4.88. The molecule has 0 aliphatic heterocycles. The lowest BCUT2D eigenvalue weighted by molar-refractivity contribution is -0.384. The maximum Gasteiger partial charge on any atom is 0.312 e. The van der Waals surface area contributed by atoms with Gasteiger partial charge in [0, 0.05) is 31.5 Å². The van der Waals surface area contributed by atoms with E-state index >= 15 is 0 Å². The average Bonchev–Trinajstić information content (AvgIpc) is 2.46. The Morgan fingerprint density at radius 3 is 2.25 bits per heavy atom. The predicted molar refractivity (Wildman–Crippen MR) is 80.1 cm³/mol. The topological polar surface area (TPSA) is 93.4 Å². The second-order valence-electron chi connectivity index (χ2n) is 4.79. The zero-order chi connectivity index (χ0) is 18.0. The van der Waals surface area contributed by atoms with Gasteiger partial charge in [-0.2, -0.15) is 0 Å². The van der Waals surface area contributed by atoms with Gasteiger partial charge in [0.05, 0.1) is 10.6 Å². The van der Waals surface area contributed by atoms with E-state index in [0.717, 1.165) is 38.1 Å². The Hall–Kier alpha value is -3.23. The molecule has 0 saturated heterocycles. The Labute approximate surface area is 134 Å². The molecule has 0 aliphatic carbocycles. The summed E-state index contributed by atoms with van der Waals surface area (Å²) in [5, 5.41) is 11.1. The first-order valence-corrected chi connectivity index (χ1v) is 6.64. The first-order valence-electron chi connectivity index (χ1n) is 6.64. The number of carbonyl (C=O) groups excluding carboxylic acids is 2. The molecule has 0 N–H and O–H groups in total. The molecule has 2 rings (SSSR count). The van der Waals surface area contributed by atoms with Gasteiger partial charge in [-0.3, -0.25) is 19.7 Å². The Balaban J connectivity index is 2.70. The zero-order valence-electron chi connectivity index (χ0n) is 12.6. The maximum atomic E-state index is 13.9. The maximum absolute atomic E-state index is 13.9. The number of benzene rings is 1. The van der Waals surface area contributed by atoms with Crippen molar-refractivity contribution in [2.24, 2.45) is 0 Å². The number of aromatic nitrogens is 1. The number of pyridine rings is 1. The third kappa shape index (κ3) is 3.24. The zero-order valence-corrected chi connectivity index (χ0v) is 12.6. The van der Waals surface area contributed by atoms with Gasteiger partial charge in [-0.25, -0.2) is 18.7 Å². The lowest BCUT2D eigenvalue weighted by atomic mass is 10.1. The molecule has 0 aliphatic rings. The number of hydrogen-bond donors (Lipinski definition) is 0. The van der Waals surface area contributed by atoms with Crippen LogP contribution in [-0.2, 0) is 9.59 Å². The van der Waals surface area contributed by atoms with Gasteiger partial charge in [-0.05, 0) is 18.2 Å². The van der Waals surface area contributed by atoms with Gasteiger partial charge in [0.1, 0.15) is 11.6 Å². The number of halogens is 2. The van der Waals surface area contributed by atoms with E-state index in [1.807, 2.05) is 0 Å².